The molecule has 21 heavy (non-hydrogen) atoms. The number of carbonyl (C=O) groups is 1. The molecular weight excluding hydrogens is 357 g/mol. The Bertz CT molecular complexity index is 644. The smallest absolute Gasteiger partial charge is 0.262 e. The molecule has 0 aliphatic rings. The SMILES string of the molecule is CC(C)CCN(C)C(=O)c1cc(S(=O)(=O)Cl)c(Cl)cc1Cl. The number of halogens is 3. The molecule has 1 rings (SSSR count). The molecule has 0 radical (unpaired) electrons. The Balaban J connectivity index is 3.16. The molecule has 0 heterocycles. The maximum Gasteiger partial charge on any atom is 0.262 e. The summed E-state index contributed by atoms with van der Waals surface area (Å²) < 4.78 is 22.9. The van der Waals surface area contributed by atoms with Crippen LogP contribution in [-0.4, -0.2) is 32.8 Å². The second-order valence-corrected chi connectivity index (χ2v) is 8.46. The Morgan fingerprint density at radius 2 is 1.81 bits per heavy atom. The van der Waals surface area contributed by atoms with Crippen LogP contribution < -0.4 is 0 Å². The fourth-order valence-corrected chi connectivity index (χ4v) is 3.46. The normalized spacial score (nSPS) is 11.8. The molecule has 0 spiro atoms. The van der Waals surface area contributed by atoms with E-state index in [2.05, 4.69) is 0 Å². The monoisotopic (exact) mass is 371 g/mol. The summed E-state index contributed by atoms with van der Waals surface area (Å²) in [5.41, 5.74) is 0.0616. The van der Waals surface area contributed by atoms with Gasteiger partial charge in [0.25, 0.3) is 15.0 Å². The van der Waals surface area contributed by atoms with E-state index in [0.29, 0.717) is 12.5 Å². The second-order valence-electron chi connectivity index (χ2n) is 5.11. The zero-order valence-corrected chi connectivity index (χ0v) is 14.9. The molecule has 0 fully saturated rings. The van der Waals surface area contributed by atoms with Gasteiger partial charge >= 0.3 is 0 Å². The van der Waals surface area contributed by atoms with Gasteiger partial charge in [-0.2, -0.15) is 0 Å². The number of hydrogen-bond donors (Lipinski definition) is 0. The molecule has 8 heteroatoms. The lowest BCUT2D eigenvalue weighted by Gasteiger charge is -2.19. The third kappa shape index (κ3) is 5.02. The predicted octanol–water partition coefficient (Wildman–Crippen LogP) is 4.04. The molecule has 0 bridgehead atoms. The maximum atomic E-state index is 12.3. The van der Waals surface area contributed by atoms with Crippen molar-refractivity contribution in [2.24, 2.45) is 5.92 Å². The van der Waals surface area contributed by atoms with Gasteiger partial charge in [-0.15, -0.1) is 0 Å². The standard InChI is InChI=1S/C13H16Cl3NO3S/c1-8(2)4-5-17(3)13(18)9-6-12(21(16,19)20)11(15)7-10(9)14/h6-8H,4-5H2,1-3H3. The lowest BCUT2D eigenvalue weighted by molar-refractivity contribution is 0.0789. The van der Waals surface area contributed by atoms with E-state index in [4.69, 9.17) is 33.9 Å². The minimum Gasteiger partial charge on any atom is -0.342 e. The first kappa shape index (κ1) is 18.6. The molecule has 1 amide bonds. The number of amides is 1. The Kier molecular flexibility index (Phi) is 6.35. The quantitative estimate of drug-likeness (QED) is 0.733. The van der Waals surface area contributed by atoms with Crippen LogP contribution in [-0.2, 0) is 9.05 Å². The summed E-state index contributed by atoms with van der Waals surface area (Å²) in [6, 6.07) is 2.32. The van der Waals surface area contributed by atoms with Crippen LogP contribution in [0.1, 0.15) is 30.6 Å². The Morgan fingerprint density at radius 3 is 2.29 bits per heavy atom. The van der Waals surface area contributed by atoms with Gasteiger partial charge in [0.15, 0.2) is 0 Å². The van der Waals surface area contributed by atoms with E-state index in [1.54, 1.807) is 7.05 Å². The van der Waals surface area contributed by atoms with Crippen LogP contribution >= 0.6 is 33.9 Å². The Labute approximate surface area is 139 Å². The summed E-state index contributed by atoms with van der Waals surface area (Å²) in [6.07, 6.45) is 0.827. The zero-order valence-electron chi connectivity index (χ0n) is 11.9. The summed E-state index contributed by atoms with van der Waals surface area (Å²) in [6.45, 7) is 4.63. The van der Waals surface area contributed by atoms with Crippen LogP contribution in [0.5, 0.6) is 0 Å². The van der Waals surface area contributed by atoms with Crippen LogP contribution in [0.3, 0.4) is 0 Å². The summed E-state index contributed by atoms with van der Waals surface area (Å²) in [4.78, 5) is 13.5. The fraction of sp³-hybridized carbons (Fsp3) is 0.462. The number of carbonyl (C=O) groups excluding carboxylic acids is 1. The number of hydrogen-bond acceptors (Lipinski definition) is 3. The molecular formula is C13H16Cl3NO3S. The van der Waals surface area contributed by atoms with Crippen LogP contribution in [0.2, 0.25) is 10.0 Å². The molecule has 0 N–H and O–H groups in total. The molecule has 1 aromatic rings. The topological polar surface area (TPSA) is 54.5 Å². The van der Waals surface area contributed by atoms with Crippen LogP contribution in [0.15, 0.2) is 17.0 Å². The van der Waals surface area contributed by atoms with E-state index in [-0.39, 0.29) is 26.4 Å². The van der Waals surface area contributed by atoms with E-state index < -0.39 is 9.05 Å². The van der Waals surface area contributed by atoms with Crippen molar-refractivity contribution < 1.29 is 13.2 Å². The third-order valence-corrected chi connectivity index (χ3v) is 5.00. The predicted molar refractivity (Wildman–Crippen MR) is 85.9 cm³/mol. The molecule has 4 nitrogen and oxygen atoms in total. The first-order valence-electron chi connectivity index (χ1n) is 6.23. The van der Waals surface area contributed by atoms with Crippen molar-refractivity contribution >= 4 is 48.8 Å². The van der Waals surface area contributed by atoms with E-state index >= 15 is 0 Å². The van der Waals surface area contributed by atoms with Crippen molar-refractivity contribution in [2.75, 3.05) is 13.6 Å². The summed E-state index contributed by atoms with van der Waals surface area (Å²) in [5.74, 6) is 0.0682. The summed E-state index contributed by atoms with van der Waals surface area (Å²) in [7, 11) is 2.88. The average molecular weight is 373 g/mol. The highest BCUT2D eigenvalue weighted by Crippen LogP contribution is 2.31. The van der Waals surface area contributed by atoms with Gasteiger partial charge < -0.3 is 4.90 Å². The molecule has 0 atom stereocenters. The van der Waals surface area contributed by atoms with Crippen molar-refractivity contribution in [2.45, 2.75) is 25.2 Å². The number of benzene rings is 1. The minimum absolute atomic E-state index is 0.0616. The van der Waals surface area contributed by atoms with Gasteiger partial charge in [0.2, 0.25) is 0 Å². The van der Waals surface area contributed by atoms with Crippen LogP contribution in [0.25, 0.3) is 0 Å². The van der Waals surface area contributed by atoms with Gasteiger partial charge in [0, 0.05) is 24.3 Å². The maximum absolute atomic E-state index is 12.3. The van der Waals surface area contributed by atoms with Crippen LogP contribution in [0.4, 0.5) is 0 Å². The minimum atomic E-state index is -4.05. The van der Waals surface area contributed by atoms with Gasteiger partial charge in [0.05, 0.1) is 15.6 Å². The van der Waals surface area contributed by atoms with Gasteiger partial charge in [-0.05, 0) is 24.5 Å². The molecule has 0 saturated carbocycles. The molecule has 118 valence electrons. The zero-order chi connectivity index (χ0) is 16.4. The molecule has 1 aromatic carbocycles. The summed E-state index contributed by atoms with van der Waals surface area (Å²) >= 11 is 11.8. The Hall–Kier alpha value is -0.490. The van der Waals surface area contributed by atoms with Gasteiger partial charge in [-0.1, -0.05) is 37.0 Å². The highest BCUT2D eigenvalue weighted by molar-refractivity contribution is 8.13. The lowest BCUT2D eigenvalue weighted by Crippen LogP contribution is -2.28. The van der Waals surface area contributed by atoms with Gasteiger partial charge in [-0.25, -0.2) is 8.42 Å². The molecule has 0 aliphatic carbocycles. The molecule has 0 saturated heterocycles. The molecule has 0 aromatic heterocycles. The average Bonchev–Trinajstić information content (AvgIpc) is 2.33. The number of nitrogens with zero attached hydrogens (tertiary/aromatic N) is 1. The fourth-order valence-electron chi connectivity index (χ4n) is 1.64. The van der Waals surface area contributed by atoms with Crippen molar-refractivity contribution in [3.05, 3.63) is 27.7 Å². The highest BCUT2D eigenvalue weighted by atomic mass is 35.7. The first-order chi connectivity index (χ1) is 9.54. The van der Waals surface area contributed by atoms with Crippen molar-refractivity contribution in [3.8, 4) is 0 Å². The van der Waals surface area contributed by atoms with Crippen molar-refractivity contribution in [1.82, 2.24) is 4.90 Å². The van der Waals surface area contributed by atoms with Gasteiger partial charge in [-0.3, -0.25) is 4.79 Å². The van der Waals surface area contributed by atoms with Gasteiger partial charge in [0.1, 0.15) is 4.90 Å². The third-order valence-electron chi connectivity index (χ3n) is 2.90. The summed E-state index contributed by atoms with van der Waals surface area (Å²) in [5, 5.41) is -0.0261. The van der Waals surface area contributed by atoms with Crippen LogP contribution in [0, 0.1) is 5.92 Å². The highest BCUT2D eigenvalue weighted by Gasteiger charge is 2.22. The lowest BCUT2D eigenvalue weighted by atomic mass is 10.1. The van der Waals surface area contributed by atoms with Crippen molar-refractivity contribution in [3.63, 3.8) is 0 Å². The molecule has 0 aliphatic heterocycles. The largest absolute Gasteiger partial charge is 0.342 e. The van der Waals surface area contributed by atoms with E-state index in [1.165, 1.54) is 11.0 Å². The van der Waals surface area contributed by atoms with E-state index in [0.717, 1.165) is 12.5 Å². The Morgan fingerprint density at radius 1 is 1.24 bits per heavy atom. The molecule has 0 unspecified atom stereocenters. The van der Waals surface area contributed by atoms with Crippen molar-refractivity contribution in [1.29, 1.82) is 0 Å². The first-order valence-corrected chi connectivity index (χ1v) is 9.29. The number of rotatable bonds is 5. The second kappa shape index (κ2) is 7.18. The van der Waals surface area contributed by atoms with E-state index in [9.17, 15) is 13.2 Å². The van der Waals surface area contributed by atoms with E-state index in [1.807, 2.05) is 13.8 Å².